The van der Waals surface area contributed by atoms with Gasteiger partial charge in [0.05, 0.1) is 17.6 Å². The van der Waals surface area contributed by atoms with Crippen molar-refractivity contribution in [3.05, 3.63) is 35.3 Å². The molecule has 1 heterocycles. The van der Waals surface area contributed by atoms with E-state index < -0.39 is 0 Å². The van der Waals surface area contributed by atoms with Crippen LogP contribution in [-0.2, 0) is 10.5 Å². The van der Waals surface area contributed by atoms with Crippen LogP contribution in [0.4, 0.5) is 0 Å². The lowest BCUT2D eigenvalue weighted by Gasteiger charge is -2.24. The first kappa shape index (κ1) is 20.2. The third kappa shape index (κ3) is 5.98. The van der Waals surface area contributed by atoms with Crippen molar-refractivity contribution in [1.29, 1.82) is 0 Å². The smallest absolute Gasteiger partial charge is 0.233 e. The number of benzene rings is 1. The van der Waals surface area contributed by atoms with Crippen LogP contribution in [0.25, 0.3) is 10.6 Å². The van der Waals surface area contributed by atoms with Crippen molar-refractivity contribution in [1.82, 2.24) is 10.3 Å². The van der Waals surface area contributed by atoms with Gasteiger partial charge < -0.3 is 10.1 Å². The lowest BCUT2D eigenvalue weighted by atomic mass is 9.95. The lowest BCUT2D eigenvalue weighted by molar-refractivity contribution is -0.121. The molecule has 1 fully saturated rings. The summed E-state index contributed by atoms with van der Waals surface area (Å²) in [5.41, 5.74) is 2.13. The summed E-state index contributed by atoms with van der Waals surface area (Å²) in [6.07, 6.45) is 6.03. The number of thiazole rings is 1. The highest BCUT2D eigenvalue weighted by Crippen LogP contribution is 2.28. The van der Waals surface area contributed by atoms with Gasteiger partial charge in [-0.25, -0.2) is 4.98 Å². The highest BCUT2D eigenvalue weighted by atomic mass is 32.2. The van der Waals surface area contributed by atoms with Crippen LogP contribution in [0, 0.1) is 0 Å². The summed E-state index contributed by atoms with van der Waals surface area (Å²) in [5.74, 6) is 1.80. The van der Waals surface area contributed by atoms with Crippen LogP contribution in [0.15, 0.2) is 29.6 Å². The molecular weight excluding hydrogens is 376 g/mol. The molecule has 1 aliphatic carbocycles. The summed E-state index contributed by atoms with van der Waals surface area (Å²) in [5, 5.41) is 6.25. The molecule has 2 aromatic rings. The standard InChI is InChI=1S/C21H28N2O2S2/c1-3-25-19-11-9-16(10-12-19)21-23-18(14-27-21)13-26-15(2)20(24)22-17-7-5-4-6-8-17/h9-12,14-15,17H,3-8,13H2,1-2H3,(H,22,24). The van der Waals surface area contributed by atoms with E-state index in [1.165, 1.54) is 19.3 Å². The summed E-state index contributed by atoms with van der Waals surface area (Å²) in [6, 6.07) is 8.42. The molecule has 0 radical (unpaired) electrons. The molecule has 1 aromatic heterocycles. The van der Waals surface area contributed by atoms with Crippen LogP contribution >= 0.6 is 23.1 Å². The second-order valence-corrected chi connectivity index (χ2v) is 9.09. The Morgan fingerprint density at radius 1 is 1.30 bits per heavy atom. The average Bonchev–Trinajstić information content (AvgIpc) is 3.17. The summed E-state index contributed by atoms with van der Waals surface area (Å²) < 4.78 is 5.49. The number of nitrogens with zero attached hydrogens (tertiary/aromatic N) is 1. The fourth-order valence-electron chi connectivity index (χ4n) is 3.22. The number of rotatable bonds is 8. The Morgan fingerprint density at radius 2 is 2.04 bits per heavy atom. The predicted octanol–water partition coefficient (Wildman–Crippen LogP) is 5.28. The van der Waals surface area contributed by atoms with Gasteiger partial charge >= 0.3 is 0 Å². The Balaban J connectivity index is 1.49. The van der Waals surface area contributed by atoms with E-state index in [1.807, 2.05) is 38.1 Å². The van der Waals surface area contributed by atoms with Crippen LogP contribution < -0.4 is 10.1 Å². The Bertz CT molecular complexity index is 724. The van der Waals surface area contributed by atoms with Gasteiger partial charge in [0.2, 0.25) is 5.91 Å². The zero-order valence-electron chi connectivity index (χ0n) is 16.1. The number of nitrogens with one attached hydrogen (secondary N) is 1. The fraction of sp³-hybridized carbons (Fsp3) is 0.524. The molecule has 0 aliphatic heterocycles. The van der Waals surface area contributed by atoms with E-state index in [4.69, 9.17) is 9.72 Å². The molecule has 0 saturated heterocycles. The molecule has 6 heteroatoms. The molecule has 1 saturated carbocycles. The number of aromatic nitrogens is 1. The second-order valence-electron chi connectivity index (χ2n) is 6.90. The maximum atomic E-state index is 12.4. The SMILES string of the molecule is CCOc1ccc(-c2nc(CSC(C)C(=O)NC3CCCCC3)cs2)cc1. The molecule has 1 unspecified atom stereocenters. The zero-order valence-corrected chi connectivity index (χ0v) is 17.7. The maximum Gasteiger partial charge on any atom is 0.233 e. The van der Waals surface area contributed by atoms with Crippen molar-refractivity contribution in [3.63, 3.8) is 0 Å². The minimum atomic E-state index is -0.0532. The number of carbonyl (C=O) groups excluding carboxylic acids is 1. The number of carbonyl (C=O) groups is 1. The van der Waals surface area contributed by atoms with Gasteiger partial charge in [0.25, 0.3) is 0 Å². The fourth-order valence-corrected chi connectivity index (χ4v) is 4.94. The zero-order chi connectivity index (χ0) is 19.1. The molecule has 1 N–H and O–H groups in total. The molecule has 146 valence electrons. The van der Waals surface area contributed by atoms with Crippen LogP contribution in [0.3, 0.4) is 0 Å². The third-order valence-corrected chi connectivity index (χ3v) is 6.88. The number of amides is 1. The molecule has 0 spiro atoms. The van der Waals surface area contributed by atoms with Gasteiger partial charge in [0, 0.05) is 22.7 Å². The Labute approximate surface area is 170 Å². The van der Waals surface area contributed by atoms with Crippen molar-refractivity contribution < 1.29 is 9.53 Å². The molecular formula is C21H28N2O2S2. The van der Waals surface area contributed by atoms with Crippen molar-refractivity contribution >= 4 is 29.0 Å². The number of thioether (sulfide) groups is 1. The Kier molecular flexibility index (Phi) is 7.59. The highest BCUT2D eigenvalue weighted by Gasteiger charge is 2.20. The quantitative estimate of drug-likeness (QED) is 0.650. The van der Waals surface area contributed by atoms with Gasteiger partial charge in [-0.15, -0.1) is 23.1 Å². The van der Waals surface area contributed by atoms with E-state index in [2.05, 4.69) is 10.7 Å². The van der Waals surface area contributed by atoms with Crippen molar-refractivity contribution in [2.75, 3.05) is 6.61 Å². The van der Waals surface area contributed by atoms with Gasteiger partial charge in [-0.05, 0) is 51.0 Å². The van der Waals surface area contributed by atoms with Gasteiger partial charge in [0.1, 0.15) is 10.8 Å². The lowest BCUT2D eigenvalue weighted by Crippen LogP contribution is -2.40. The van der Waals surface area contributed by atoms with E-state index in [9.17, 15) is 4.79 Å². The average molecular weight is 405 g/mol. The number of hydrogen-bond acceptors (Lipinski definition) is 5. The second kappa shape index (κ2) is 10.1. The monoisotopic (exact) mass is 404 g/mol. The summed E-state index contributed by atoms with van der Waals surface area (Å²) >= 11 is 3.30. The summed E-state index contributed by atoms with van der Waals surface area (Å²) in [6.45, 7) is 4.64. The van der Waals surface area contributed by atoms with E-state index in [0.29, 0.717) is 12.6 Å². The molecule has 27 heavy (non-hydrogen) atoms. The van der Waals surface area contributed by atoms with Gasteiger partial charge in [-0.1, -0.05) is 19.3 Å². The molecule has 3 rings (SSSR count). The van der Waals surface area contributed by atoms with E-state index >= 15 is 0 Å². The van der Waals surface area contributed by atoms with Crippen molar-refractivity contribution in [2.24, 2.45) is 0 Å². The van der Waals surface area contributed by atoms with Crippen LogP contribution in [0.5, 0.6) is 5.75 Å². The molecule has 0 bridgehead atoms. The Hall–Kier alpha value is -1.53. The maximum absolute atomic E-state index is 12.4. The van der Waals surface area contributed by atoms with Crippen LogP contribution in [-0.4, -0.2) is 28.8 Å². The van der Waals surface area contributed by atoms with Gasteiger partial charge in [0.15, 0.2) is 0 Å². The first-order valence-electron chi connectivity index (χ1n) is 9.75. The summed E-state index contributed by atoms with van der Waals surface area (Å²) in [7, 11) is 0. The number of ether oxygens (including phenoxy) is 1. The first-order chi connectivity index (χ1) is 13.2. The van der Waals surface area contributed by atoms with Gasteiger partial charge in [-0.2, -0.15) is 0 Å². The molecule has 1 aromatic carbocycles. The molecule has 1 aliphatic rings. The van der Waals surface area contributed by atoms with E-state index in [-0.39, 0.29) is 11.2 Å². The minimum Gasteiger partial charge on any atom is -0.494 e. The van der Waals surface area contributed by atoms with E-state index in [1.54, 1.807) is 23.1 Å². The van der Waals surface area contributed by atoms with Crippen molar-refractivity contribution in [2.45, 2.75) is 63.0 Å². The third-order valence-electron chi connectivity index (χ3n) is 4.77. The van der Waals surface area contributed by atoms with E-state index in [0.717, 1.165) is 40.6 Å². The molecule has 1 atom stereocenters. The molecule has 1 amide bonds. The summed E-state index contributed by atoms with van der Waals surface area (Å²) in [4.78, 5) is 17.1. The number of hydrogen-bond donors (Lipinski definition) is 1. The first-order valence-corrected chi connectivity index (χ1v) is 11.7. The highest BCUT2D eigenvalue weighted by molar-refractivity contribution is 7.99. The minimum absolute atomic E-state index is 0.0532. The van der Waals surface area contributed by atoms with Crippen LogP contribution in [0.2, 0.25) is 0 Å². The molecule has 4 nitrogen and oxygen atoms in total. The van der Waals surface area contributed by atoms with Crippen molar-refractivity contribution in [3.8, 4) is 16.3 Å². The topological polar surface area (TPSA) is 51.2 Å². The largest absolute Gasteiger partial charge is 0.494 e. The normalized spacial score (nSPS) is 16.1. The van der Waals surface area contributed by atoms with Gasteiger partial charge in [-0.3, -0.25) is 4.79 Å². The van der Waals surface area contributed by atoms with Crippen LogP contribution in [0.1, 0.15) is 51.6 Å². The predicted molar refractivity (Wildman–Crippen MR) is 114 cm³/mol. The Morgan fingerprint density at radius 3 is 2.74 bits per heavy atom.